The second-order valence-electron chi connectivity index (χ2n) is 6.39. The molecule has 0 bridgehead atoms. The second kappa shape index (κ2) is 10.6. The predicted octanol–water partition coefficient (Wildman–Crippen LogP) is -2.84. The lowest BCUT2D eigenvalue weighted by molar-refractivity contribution is -1.05. The molecule has 0 radical (unpaired) electrons. The minimum atomic E-state index is 0. The molecule has 0 aromatic rings. The van der Waals surface area contributed by atoms with Gasteiger partial charge in [-0.2, -0.15) is 0 Å². The largest absolute Gasteiger partial charge is 1.00 e. The highest BCUT2D eigenvalue weighted by atomic mass is 79.9. The average Bonchev–Trinajstić information content (AvgIpc) is 2.38. The summed E-state index contributed by atoms with van der Waals surface area (Å²) >= 11 is 0. The van der Waals surface area contributed by atoms with Crippen LogP contribution in [0.4, 0.5) is 0 Å². The van der Waals surface area contributed by atoms with Crippen molar-refractivity contribution in [3.05, 3.63) is 50.6 Å². The molecule has 1 fully saturated rings. The summed E-state index contributed by atoms with van der Waals surface area (Å²) in [5.74, 6) is 0. The molecule has 1 heterocycles. The Morgan fingerprint density at radius 2 is 0.909 bits per heavy atom. The summed E-state index contributed by atoms with van der Waals surface area (Å²) in [6.45, 7) is 27.0. The third-order valence-corrected chi connectivity index (χ3v) is 5.10. The molecule has 0 aromatic carbocycles. The molecule has 0 aromatic heterocycles. The van der Waals surface area contributed by atoms with Crippen molar-refractivity contribution in [3.63, 3.8) is 0 Å². The summed E-state index contributed by atoms with van der Waals surface area (Å²) < 4.78 is 2.17. The number of quaternary nitrogens is 2. The van der Waals surface area contributed by atoms with Gasteiger partial charge < -0.3 is 42.9 Å². The number of hydrogen-bond acceptors (Lipinski definition) is 0. The number of hydrogen-bond donors (Lipinski definition) is 0. The summed E-state index contributed by atoms with van der Waals surface area (Å²) in [4.78, 5) is 0. The van der Waals surface area contributed by atoms with Crippen molar-refractivity contribution in [3.8, 4) is 0 Å². The summed E-state index contributed by atoms with van der Waals surface area (Å²) in [6.07, 6.45) is 8.25. The van der Waals surface area contributed by atoms with Crippen molar-refractivity contribution in [2.24, 2.45) is 0 Å². The van der Waals surface area contributed by atoms with Gasteiger partial charge in [0.1, 0.15) is 25.2 Å². The molecular weight excluding hydrogens is 404 g/mol. The monoisotopic (exact) mass is 434 g/mol. The molecule has 0 N–H and O–H groups in total. The van der Waals surface area contributed by atoms with E-state index < -0.39 is 0 Å². The fourth-order valence-corrected chi connectivity index (χ4v) is 3.95. The van der Waals surface area contributed by atoms with Gasteiger partial charge in [0.05, 0.1) is 26.2 Å². The maximum absolute atomic E-state index is 3.96. The van der Waals surface area contributed by atoms with Crippen LogP contribution in [0, 0.1) is 0 Å². The first kappa shape index (κ1) is 24.1. The zero-order valence-electron chi connectivity index (χ0n) is 14.2. The lowest BCUT2D eigenvalue weighted by Crippen LogP contribution is -3.00. The molecule has 1 saturated heterocycles. The Morgan fingerprint density at radius 3 is 1.09 bits per heavy atom. The number of piperazine rings is 1. The lowest BCUT2D eigenvalue weighted by Gasteiger charge is -2.55. The van der Waals surface area contributed by atoms with Crippen molar-refractivity contribution in [1.82, 2.24) is 0 Å². The van der Waals surface area contributed by atoms with E-state index in [2.05, 4.69) is 64.5 Å². The van der Waals surface area contributed by atoms with Gasteiger partial charge in [-0.05, 0) is 38.2 Å². The molecule has 0 aliphatic carbocycles. The van der Waals surface area contributed by atoms with E-state index >= 15 is 0 Å². The predicted molar refractivity (Wildman–Crippen MR) is 89.4 cm³/mol. The summed E-state index contributed by atoms with van der Waals surface area (Å²) in [5, 5.41) is 0. The minimum Gasteiger partial charge on any atom is -1.00 e. The molecule has 4 heteroatoms. The fourth-order valence-electron chi connectivity index (χ4n) is 3.95. The van der Waals surface area contributed by atoms with Crippen LogP contribution in [0.2, 0.25) is 0 Å². The van der Waals surface area contributed by atoms with E-state index in [9.17, 15) is 0 Å². The molecule has 0 saturated carbocycles. The van der Waals surface area contributed by atoms with E-state index in [1.807, 2.05) is 0 Å². The van der Waals surface area contributed by atoms with Gasteiger partial charge in [0.25, 0.3) is 0 Å². The maximum atomic E-state index is 3.96. The van der Waals surface area contributed by atoms with Gasteiger partial charge in [0.2, 0.25) is 0 Å². The fraction of sp³-hybridized carbons (Fsp3) is 0.556. The van der Waals surface area contributed by atoms with Crippen molar-refractivity contribution in [2.75, 3.05) is 39.3 Å². The molecule has 128 valence electrons. The first-order chi connectivity index (χ1) is 9.50. The minimum absolute atomic E-state index is 0. The van der Waals surface area contributed by atoms with Crippen LogP contribution >= 0.6 is 0 Å². The normalized spacial score (nSPS) is 25.0. The van der Waals surface area contributed by atoms with E-state index in [-0.39, 0.29) is 34.0 Å². The Hall–Kier alpha value is -0.160. The Labute approximate surface area is 158 Å². The number of rotatable bonds is 8. The standard InChI is InChI=1S/C18H32N2.2BrH/c1-7-11-19(12-8-2)15-18(6)20(13-9-3,14-10-4)16-17(19)5;;/h7-10,17-18H,1-4,11-16H2,5-6H3;2*1H/q+2;;/p-2/t17-,18+;;. The van der Waals surface area contributed by atoms with Gasteiger partial charge >= 0.3 is 0 Å². The highest BCUT2D eigenvalue weighted by Crippen LogP contribution is 2.30. The SMILES string of the molecule is C=CC[N+]1(CC=C)C[C@H](C)[N+](CC=C)(CC=C)C[C@H]1C.[Br-].[Br-]. The van der Waals surface area contributed by atoms with Crippen LogP contribution in [-0.2, 0) is 0 Å². The first-order valence-electron chi connectivity index (χ1n) is 7.65. The van der Waals surface area contributed by atoms with E-state index in [1.54, 1.807) is 0 Å². The molecule has 2 nitrogen and oxygen atoms in total. The summed E-state index contributed by atoms with van der Waals surface area (Å²) in [7, 11) is 0. The number of halogens is 2. The Kier molecular flexibility index (Phi) is 11.6. The molecule has 0 unspecified atom stereocenters. The Balaban J connectivity index is 0. The van der Waals surface area contributed by atoms with E-state index in [0.29, 0.717) is 12.1 Å². The van der Waals surface area contributed by atoms with Gasteiger partial charge in [-0.1, -0.05) is 26.3 Å². The molecule has 0 amide bonds. The molecular formula is C18H32Br2N2. The van der Waals surface area contributed by atoms with Gasteiger partial charge in [-0.3, -0.25) is 0 Å². The molecule has 22 heavy (non-hydrogen) atoms. The third-order valence-electron chi connectivity index (χ3n) is 5.10. The number of nitrogens with zero attached hydrogens (tertiary/aromatic N) is 2. The summed E-state index contributed by atoms with van der Waals surface area (Å²) in [5.41, 5.74) is 0. The highest BCUT2D eigenvalue weighted by molar-refractivity contribution is 4.82. The van der Waals surface area contributed by atoms with Crippen LogP contribution < -0.4 is 34.0 Å². The van der Waals surface area contributed by atoms with Crippen molar-refractivity contribution in [2.45, 2.75) is 25.9 Å². The van der Waals surface area contributed by atoms with E-state index in [1.165, 1.54) is 13.1 Å². The maximum Gasteiger partial charge on any atom is 0.136 e. The van der Waals surface area contributed by atoms with Crippen LogP contribution in [0.25, 0.3) is 0 Å². The zero-order valence-corrected chi connectivity index (χ0v) is 17.4. The van der Waals surface area contributed by atoms with Crippen molar-refractivity contribution >= 4 is 0 Å². The topological polar surface area (TPSA) is 0 Å². The lowest BCUT2D eigenvalue weighted by atomic mass is 9.99. The van der Waals surface area contributed by atoms with Crippen LogP contribution in [0.5, 0.6) is 0 Å². The quantitative estimate of drug-likeness (QED) is 0.284. The van der Waals surface area contributed by atoms with Gasteiger partial charge in [0, 0.05) is 0 Å². The van der Waals surface area contributed by atoms with Crippen molar-refractivity contribution in [1.29, 1.82) is 0 Å². The van der Waals surface area contributed by atoms with E-state index in [4.69, 9.17) is 0 Å². The highest BCUT2D eigenvalue weighted by Gasteiger charge is 2.49. The van der Waals surface area contributed by atoms with Crippen molar-refractivity contribution < 1.29 is 42.9 Å². The molecule has 1 aliphatic rings. The molecule has 2 atom stereocenters. The molecule has 1 aliphatic heterocycles. The Bertz CT molecular complexity index is 323. The van der Waals surface area contributed by atoms with Gasteiger partial charge in [-0.15, -0.1) is 0 Å². The molecule has 1 rings (SSSR count). The second-order valence-corrected chi connectivity index (χ2v) is 6.39. The van der Waals surface area contributed by atoms with Crippen LogP contribution in [0.1, 0.15) is 13.8 Å². The van der Waals surface area contributed by atoms with E-state index in [0.717, 1.165) is 35.1 Å². The third kappa shape index (κ3) is 4.92. The zero-order chi connectivity index (χ0) is 15.2. The smallest absolute Gasteiger partial charge is 0.136 e. The van der Waals surface area contributed by atoms with Crippen LogP contribution in [-0.4, -0.2) is 60.3 Å². The molecule has 0 spiro atoms. The van der Waals surface area contributed by atoms with Crippen LogP contribution in [0.15, 0.2) is 50.6 Å². The first-order valence-corrected chi connectivity index (χ1v) is 7.65. The summed E-state index contributed by atoms with van der Waals surface area (Å²) in [6, 6.07) is 1.20. The van der Waals surface area contributed by atoms with Gasteiger partial charge in [-0.25, -0.2) is 0 Å². The van der Waals surface area contributed by atoms with Gasteiger partial charge in [0.15, 0.2) is 0 Å². The average molecular weight is 436 g/mol. The van der Waals surface area contributed by atoms with Crippen LogP contribution in [0.3, 0.4) is 0 Å². The Morgan fingerprint density at radius 1 is 0.682 bits per heavy atom.